The Kier molecular flexibility index (Phi) is 5.43. The summed E-state index contributed by atoms with van der Waals surface area (Å²) in [4.78, 5) is 11.3. The molecular formula is C18H24O3. The van der Waals surface area contributed by atoms with Crippen LogP contribution in [-0.2, 0) is 4.79 Å². The second kappa shape index (κ2) is 7.30. The van der Waals surface area contributed by atoms with Crippen molar-refractivity contribution in [3.8, 4) is 5.75 Å². The van der Waals surface area contributed by atoms with Gasteiger partial charge in [0.05, 0.1) is 13.0 Å². The average Bonchev–Trinajstić information content (AvgIpc) is 2.53. The van der Waals surface area contributed by atoms with E-state index in [1.807, 2.05) is 12.1 Å². The quantitative estimate of drug-likeness (QED) is 0.796. The van der Waals surface area contributed by atoms with Gasteiger partial charge >= 0.3 is 5.97 Å². The Balaban J connectivity index is 1.95. The number of rotatable bonds is 6. The van der Waals surface area contributed by atoms with Gasteiger partial charge in [-0.1, -0.05) is 18.2 Å². The monoisotopic (exact) mass is 288 g/mol. The predicted molar refractivity (Wildman–Crippen MR) is 83.6 cm³/mol. The average molecular weight is 288 g/mol. The van der Waals surface area contributed by atoms with Gasteiger partial charge in [0.2, 0.25) is 0 Å². The van der Waals surface area contributed by atoms with E-state index >= 15 is 0 Å². The predicted octanol–water partition coefficient (Wildman–Crippen LogP) is 4.25. The van der Waals surface area contributed by atoms with Crippen molar-refractivity contribution in [1.82, 2.24) is 0 Å². The Hall–Kier alpha value is -1.77. The molecule has 0 aliphatic heterocycles. The van der Waals surface area contributed by atoms with E-state index in [-0.39, 0.29) is 11.8 Å². The molecule has 3 heteroatoms. The van der Waals surface area contributed by atoms with Crippen molar-refractivity contribution < 1.29 is 14.6 Å². The number of allylic oxidation sites excluding steroid dienone is 1. The lowest BCUT2D eigenvalue weighted by Crippen LogP contribution is -2.26. The summed E-state index contributed by atoms with van der Waals surface area (Å²) in [5.74, 6) is 0.770. The van der Waals surface area contributed by atoms with Crippen LogP contribution in [0, 0.1) is 11.8 Å². The Bertz CT molecular complexity index is 470. The van der Waals surface area contributed by atoms with Crippen molar-refractivity contribution in [2.75, 3.05) is 7.11 Å². The summed E-state index contributed by atoms with van der Waals surface area (Å²) in [7, 11) is 1.67. The highest BCUT2D eigenvalue weighted by Crippen LogP contribution is 2.40. The van der Waals surface area contributed by atoms with E-state index in [0.717, 1.165) is 31.4 Å². The number of ether oxygens (including phenoxy) is 1. The van der Waals surface area contributed by atoms with E-state index in [9.17, 15) is 9.90 Å². The summed E-state index contributed by atoms with van der Waals surface area (Å²) >= 11 is 0. The molecule has 0 radical (unpaired) electrons. The summed E-state index contributed by atoms with van der Waals surface area (Å²) in [5, 5.41) is 9.34. The first-order valence-corrected chi connectivity index (χ1v) is 7.63. The van der Waals surface area contributed by atoms with Gasteiger partial charge in [-0.3, -0.25) is 4.79 Å². The standard InChI is InChI=1S/C18H24O3/c1-3-4-17(18(19)20)15-7-5-13(6-8-15)14-9-11-16(21-2)12-10-14/h3,9-13,15,17H,1,4-8H2,2H3,(H,19,20)/t13-,15-,17?. The van der Waals surface area contributed by atoms with Crippen molar-refractivity contribution in [2.24, 2.45) is 11.8 Å². The van der Waals surface area contributed by atoms with E-state index < -0.39 is 5.97 Å². The van der Waals surface area contributed by atoms with Gasteiger partial charge in [-0.15, -0.1) is 6.58 Å². The van der Waals surface area contributed by atoms with Crippen LogP contribution >= 0.6 is 0 Å². The van der Waals surface area contributed by atoms with Crippen molar-refractivity contribution in [3.63, 3.8) is 0 Å². The zero-order chi connectivity index (χ0) is 15.2. The zero-order valence-corrected chi connectivity index (χ0v) is 12.6. The smallest absolute Gasteiger partial charge is 0.307 e. The maximum Gasteiger partial charge on any atom is 0.307 e. The van der Waals surface area contributed by atoms with Gasteiger partial charge in [-0.05, 0) is 61.6 Å². The normalized spacial score (nSPS) is 23.3. The largest absolute Gasteiger partial charge is 0.497 e. The van der Waals surface area contributed by atoms with Gasteiger partial charge in [0, 0.05) is 0 Å². The van der Waals surface area contributed by atoms with E-state index in [1.54, 1.807) is 13.2 Å². The minimum absolute atomic E-state index is 0.265. The van der Waals surface area contributed by atoms with Crippen LogP contribution in [0.4, 0.5) is 0 Å². The summed E-state index contributed by atoms with van der Waals surface area (Å²) in [6.07, 6.45) is 6.42. The molecule has 21 heavy (non-hydrogen) atoms. The highest BCUT2D eigenvalue weighted by Gasteiger charge is 2.31. The molecule has 1 aliphatic carbocycles. The van der Waals surface area contributed by atoms with Crippen LogP contribution in [0.1, 0.15) is 43.6 Å². The summed E-state index contributed by atoms with van der Waals surface area (Å²) in [6.45, 7) is 3.68. The Morgan fingerprint density at radius 1 is 1.33 bits per heavy atom. The highest BCUT2D eigenvalue weighted by molar-refractivity contribution is 5.70. The molecule has 2 rings (SSSR count). The topological polar surface area (TPSA) is 46.5 Å². The molecule has 1 atom stereocenters. The van der Waals surface area contributed by atoms with Gasteiger partial charge in [0.1, 0.15) is 5.75 Å². The first-order valence-electron chi connectivity index (χ1n) is 7.63. The fourth-order valence-corrected chi connectivity index (χ4v) is 3.41. The van der Waals surface area contributed by atoms with E-state index in [2.05, 4.69) is 18.7 Å². The minimum atomic E-state index is -0.678. The molecule has 1 N–H and O–H groups in total. The van der Waals surface area contributed by atoms with Crippen LogP contribution in [0.15, 0.2) is 36.9 Å². The van der Waals surface area contributed by atoms with Crippen LogP contribution < -0.4 is 4.74 Å². The minimum Gasteiger partial charge on any atom is -0.497 e. The number of carboxylic acid groups (broad SMARTS) is 1. The molecule has 1 aliphatic rings. The SMILES string of the molecule is C=CCC(C(=O)O)[C@H]1CC[C@H](c2ccc(OC)cc2)CC1. The molecule has 0 amide bonds. The third-order valence-corrected chi connectivity index (χ3v) is 4.67. The molecule has 1 unspecified atom stereocenters. The third kappa shape index (κ3) is 3.87. The number of benzene rings is 1. The summed E-state index contributed by atoms with van der Waals surface area (Å²) < 4.78 is 5.18. The van der Waals surface area contributed by atoms with Gasteiger partial charge in [0.25, 0.3) is 0 Å². The van der Waals surface area contributed by atoms with Crippen molar-refractivity contribution in [2.45, 2.75) is 38.0 Å². The molecule has 1 aromatic rings. The number of hydrogen-bond donors (Lipinski definition) is 1. The molecule has 0 bridgehead atoms. The van der Waals surface area contributed by atoms with Crippen LogP contribution in [-0.4, -0.2) is 18.2 Å². The summed E-state index contributed by atoms with van der Waals surface area (Å²) in [6, 6.07) is 8.25. The molecule has 0 spiro atoms. The Morgan fingerprint density at radius 2 is 1.95 bits per heavy atom. The van der Waals surface area contributed by atoms with E-state index in [4.69, 9.17) is 4.74 Å². The van der Waals surface area contributed by atoms with E-state index in [1.165, 1.54) is 5.56 Å². The Morgan fingerprint density at radius 3 is 2.43 bits per heavy atom. The van der Waals surface area contributed by atoms with Crippen LogP contribution in [0.2, 0.25) is 0 Å². The molecule has 114 valence electrons. The molecular weight excluding hydrogens is 264 g/mol. The maximum atomic E-state index is 11.3. The lowest BCUT2D eigenvalue weighted by molar-refractivity contribution is -0.144. The first-order chi connectivity index (χ1) is 10.2. The van der Waals surface area contributed by atoms with Crippen molar-refractivity contribution in [3.05, 3.63) is 42.5 Å². The molecule has 1 fully saturated rings. The second-order valence-electron chi connectivity index (χ2n) is 5.85. The number of aliphatic carboxylic acids is 1. The number of carboxylic acids is 1. The van der Waals surface area contributed by atoms with Crippen LogP contribution in [0.25, 0.3) is 0 Å². The highest BCUT2D eigenvalue weighted by atomic mass is 16.5. The van der Waals surface area contributed by atoms with Crippen LogP contribution in [0.3, 0.4) is 0 Å². The lowest BCUT2D eigenvalue weighted by Gasteiger charge is -2.32. The van der Waals surface area contributed by atoms with Gasteiger partial charge in [-0.25, -0.2) is 0 Å². The lowest BCUT2D eigenvalue weighted by atomic mass is 9.73. The maximum absolute atomic E-state index is 11.3. The van der Waals surface area contributed by atoms with Crippen LogP contribution in [0.5, 0.6) is 5.75 Å². The van der Waals surface area contributed by atoms with Crippen molar-refractivity contribution >= 4 is 5.97 Å². The molecule has 3 nitrogen and oxygen atoms in total. The van der Waals surface area contributed by atoms with Gasteiger partial charge in [0.15, 0.2) is 0 Å². The number of methoxy groups -OCH3 is 1. The molecule has 0 saturated heterocycles. The molecule has 0 aromatic heterocycles. The van der Waals surface area contributed by atoms with Crippen molar-refractivity contribution in [1.29, 1.82) is 0 Å². The zero-order valence-electron chi connectivity index (χ0n) is 12.6. The fourth-order valence-electron chi connectivity index (χ4n) is 3.41. The Labute approximate surface area is 126 Å². The third-order valence-electron chi connectivity index (χ3n) is 4.67. The van der Waals surface area contributed by atoms with Gasteiger partial charge in [-0.2, -0.15) is 0 Å². The van der Waals surface area contributed by atoms with Gasteiger partial charge < -0.3 is 9.84 Å². The number of carbonyl (C=O) groups is 1. The molecule has 1 aromatic carbocycles. The second-order valence-corrected chi connectivity index (χ2v) is 5.85. The first kappa shape index (κ1) is 15.6. The summed E-state index contributed by atoms with van der Waals surface area (Å²) in [5.41, 5.74) is 1.34. The fraction of sp³-hybridized carbons (Fsp3) is 0.500. The van der Waals surface area contributed by atoms with E-state index in [0.29, 0.717) is 12.3 Å². The molecule has 0 heterocycles. The molecule has 1 saturated carbocycles. The number of hydrogen-bond acceptors (Lipinski definition) is 2.